The van der Waals surface area contributed by atoms with E-state index in [0.29, 0.717) is 6.04 Å². The highest BCUT2D eigenvalue weighted by Crippen LogP contribution is 2.36. The minimum absolute atomic E-state index is 0.649. The van der Waals surface area contributed by atoms with Crippen molar-refractivity contribution in [3.8, 4) is 0 Å². The van der Waals surface area contributed by atoms with Crippen molar-refractivity contribution >= 4 is 11.8 Å². The van der Waals surface area contributed by atoms with Crippen LogP contribution in [0.1, 0.15) is 38.7 Å². The molecule has 1 fully saturated rings. The molecule has 1 aromatic carbocycles. The molecule has 2 rings (SSSR count). The van der Waals surface area contributed by atoms with Gasteiger partial charge in [-0.15, -0.1) is 11.8 Å². The van der Waals surface area contributed by atoms with Crippen molar-refractivity contribution in [2.24, 2.45) is 17.8 Å². The Morgan fingerprint density at radius 2 is 2.05 bits per heavy atom. The smallest absolute Gasteiger partial charge is 0.0187 e. The number of hydrogen-bond acceptors (Lipinski definition) is 2. The van der Waals surface area contributed by atoms with Gasteiger partial charge < -0.3 is 5.32 Å². The molecule has 0 bridgehead atoms. The number of thioether (sulfide) groups is 1. The first kappa shape index (κ1) is 15.9. The molecule has 0 amide bonds. The number of rotatable bonds is 5. The van der Waals surface area contributed by atoms with Crippen LogP contribution in [0.2, 0.25) is 0 Å². The van der Waals surface area contributed by atoms with Gasteiger partial charge in [0.1, 0.15) is 0 Å². The Balaban J connectivity index is 1.89. The Labute approximate surface area is 128 Å². The molecule has 4 unspecified atom stereocenters. The molecule has 1 aliphatic carbocycles. The lowest BCUT2D eigenvalue weighted by Crippen LogP contribution is -2.39. The summed E-state index contributed by atoms with van der Waals surface area (Å²) in [5.41, 5.74) is 1.36. The molecule has 0 radical (unpaired) electrons. The van der Waals surface area contributed by atoms with Crippen LogP contribution in [0.15, 0.2) is 29.2 Å². The van der Waals surface area contributed by atoms with Gasteiger partial charge in [0.15, 0.2) is 0 Å². The second-order valence-electron chi connectivity index (χ2n) is 6.55. The van der Waals surface area contributed by atoms with Gasteiger partial charge in [0.25, 0.3) is 0 Å². The van der Waals surface area contributed by atoms with Crippen LogP contribution in [0.25, 0.3) is 0 Å². The first-order valence-electron chi connectivity index (χ1n) is 7.97. The molecular formula is C18H29NS. The Bertz CT molecular complexity index is 418. The van der Waals surface area contributed by atoms with Crippen LogP contribution in [0.5, 0.6) is 0 Å². The van der Waals surface area contributed by atoms with Crippen LogP contribution < -0.4 is 5.32 Å². The van der Waals surface area contributed by atoms with Gasteiger partial charge in [0.05, 0.1) is 0 Å². The minimum Gasteiger partial charge on any atom is -0.316 e. The molecule has 0 spiro atoms. The van der Waals surface area contributed by atoms with E-state index in [0.717, 1.165) is 17.8 Å². The first-order chi connectivity index (χ1) is 9.60. The van der Waals surface area contributed by atoms with Crippen molar-refractivity contribution in [3.05, 3.63) is 29.8 Å². The summed E-state index contributed by atoms with van der Waals surface area (Å²) in [6.07, 6.45) is 4.19. The fourth-order valence-corrected chi connectivity index (χ4v) is 4.56. The quantitative estimate of drug-likeness (QED) is 0.786. The zero-order valence-electron chi connectivity index (χ0n) is 13.4. The zero-order chi connectivity index (χ0) is 14.5. The lowest BCUT2D eigenvalue weighted by Gasteiger charge is -2.36. The van der Waals surface area contributed by atoms with Crippen molar-refractivity contribution in [2.45, 2.75) is 51.0 Å². The zero-order valence-corrected chi connectivity index (χ0v) is 14.2. The molecule has 1 aromatic rings. The van der Waals surface area contributed by atoms with Crippen LogP contribution in [0, 0.1) is 24.7 Å². The predicted octanol–water partition coefficient (Wildman–Crippen LogP) is 4.75. The van der Waals surface area contributed by atoms with Crippen LogP contribution in [0.4, 0.5) is 0 Å². The van der Waals surface area contributed by atoms with Crippen LogP contribution in [0.3, 0.4) is 0 Å². The summed E-state index contributed by atoms with van der Waals surface area (Å²) in [7, 11) is 2.13. The fraction of sp³-hybridized carbons (Fsp3) is 0.667. The maximum atomic E-state index is 3.57. The number of aryl methyl sites for hydroxylation is 1. The minimum atomic E-state index is 0.649. The third-order valence-corrected chi connectivity index (χ3v) is 6.11. The van der Waals surface area contributed by atoms with Crippen LogP contribution in [-0.4, -0.2) is 18.8 Å². The van der Waals surface area contributed by atoms with E-state index >= 15 is 0 Å². The summed E-state index contributed by atoms with van der Waals surface area (Å²) in [6, 6.07) is 9.51. The summed E-state index contributed by atoms with van der Waals surface area (Å²) in [5, 5.41) is 3.57. The van der Waals surface area contributed by atoms with Gasteiger partial charge in [-0.1, -0.05) is 38.0 Å². The lowest BCUT2D eigenvalue weighted by atomic mass is 9.73. The van der Waals surface area contributed by atoms with Crippen LogP contribution >= 0.6 is 11.8 Å². The molecule has 0 heterocycles. The third-order valence-electron chi connectivity index (χ3n) is 5.00. The van der Waals surface area contributed by atoms with E-state index in [4.69, 9.17) is 0 Å². The average Bonchev–Trinajstić information content (AvgIpc) is 2.43. The molecule has 4 atom stereocenters. The Hall–Kier alpha value is -0.470. The van der Waals surface area contributed by atoms with Gasteiger partial charge in [-0.25, -0.2) is 0 Å². The Kier molecular flexibility index (Phi) is 5.98. The van der Waals surface area contributed by atoms with E-state index in [1.807, 2.05) is 11.8 Å². The van der Waals surface area contributed by atoms with Crippen molar-refractivity contribution in [1.82, 2.24) is 5.32 Å². The van der Waals surface area contributed by atoms with E-state index in [-0.39, 0.29) is 0 Å². The first-order valence-corrected chi connectivity index (χ1v) is 8.95. The van der Waals surface area contributed by atoms with E-state index in [1.54, 1.807) is 0 Å². The van der Waals surface area contributed by atoms with Gasteiger partial charge in [-0.2, -0.15) is 0 Å². The van der Waals surface area contributed by atoms with Crippen molar-refractivity contribution < 1.29 is 0 Å². The highest BCUT2D eigenvalue weighted by molar-refractivity contribution is 7.99. The standard InChI is InChI=1S/C18H29NS/c1-13-6-5-7-17(10-13)20-12-18(19-4)16-9-8-14(2)15(3)11-16/h5-7,10,14-16,18-19H,8-9,11-12H2,1-4H3. The van der Waals surface area contributed by atoms with Crippen molar-refractivity contribution in [2.75, 3.05) is 12.8 Å². The largest absolute Gasteiger partial charge is 0.316 e. The number of hydrogen-bond donors (Lipinski definition) is 1. The third kappa shape index (κ3) is 4.26. The molecule has 0 aromatic heterocycles. The molecule has 112 valence electrons. The van der Waals surface area contributed by atoms with E-state index in [2.05, 4.69) is 57.4 Å². The molecule has 20 heavy (non-hydrogen) atoms. The average molecular weight is 292 g/mol. The predicted molar refractivity (Wildman–Crippen MR) is 90.4 cm³/mol. The van der Waals surface area contributed by atoms with Gasteiger partial charge in [-0.05, 0) is 56.7 Å². The fourth-order valence-electron chi connectivity index (χ4n) is 3.30. The number of benzene rings is 1. The van der Waals surface area contributed by atoms with Gasteiger partial charge in [0, 0.05) is 16.7 Å². The molecule has 1 aliphatic rings. The van der Waals surface area contributed by atoms with E-state index in [1.165, 1.54) is 35.5 Å². The summed E-state index contributed by atoms with van der Waals surface area (Å²) in [4.78, 5) is 1.41. The van der Waals surface area contributed by atoms with Gasteiger partial charge >= 0.3 is 0 Å². The molecular weight excluding hydrogens is 262 g/mol. The van der Waals surface area contributed by atoms with E-state index < -0.39 is 0 Å². The van der Waals surface area contributed by atoms with Gasteiger partial charge in [-0.3, -0.25) is 0 Å². The number of nitrogens with one attached hydrogen (secondary N) is 1. The normalized spacial score (nSPS) is 28.3. The van der Waals surface area contributed by atoms with Gasteiger partial charge in [0.2, 0.25) is 0 Å². The SMILES string of the molecule is CNC(CSc1cccc(C)c1)C1CCC(C)C(C)C1. The summed E-state index contributed by atoms with van der Waals surface area (Å²) in [5.74, 6) is 3.83. The van der Waals surface area contributed by atoms with Crippen molar-refractivity contribution in [3.63, 3.8) is 0 Å². The highest BCUT2D eigenvalue weighted by atomic mass is 32.2. The van der Waals surface area contributed by atoms with Crippen molar-refractivity contribution in [1.29, 1.82) is 0 Å². The maximum absolute atomic E-state index is 3.57. The molecule has 1 N–H and O–H groups in total. The van der Waals surface area contributed by atoms with Crippen LogP contribution in [-0.2, 0) is 0 Å². The Morgan fingerprint density at radius 1 is 1.25 bits per heavy atom. The molecule has 0 saturated heterocycles. The highest BCUT2D eigenvalue weighted by Gasteiger charge is 2.29. The summed E-state index contributed by atoms with van der Waals surface area (Å²) in [6.45, 7) is 7.01. The second-order valence-corrected chi connectivity index (χ2v) is 7.64. The molecule has 0 aliphatic heterocycles. The molecule has 2 heteroatoms. The molecule has 1 nitrogen and oxygen atoms in total. The summed E-state index contributed by atoms with van der Waals surface area (Å²) < 4.78 is 0. The monoisotopic (exact) mass is 291 g/mol. The lowest BCUT2D eigenvalue weighted by molar-refractivity contribution is 0.181. The molecule has 1 saturated carbocycles. The Morgan fingerprint density at radius 3 is 2.70 bits per heavy atom. The maximum Gasteiger partial charge on any atom is 0.0187 e. The second kappa shape index (κ2) is 7.51. The topological polar surface area (TPSA) is 12.0 Å². The van der Waals surface area contributed by atoms with E-state index in [9.17, 15) is 0 Å². The summed E-state index contributed by atoms with van der Waals surface area (Å²) >= 11 is 2.00.